The Labute approximate surface area is 162 Å². The van der Waals surface area contributed by atoms with Gasteiger partial charge in [0, 0.05) is 29.4 Å². The van der Waals surface area contributed by atoms with Crippen molar-refractivity contribution in [1.82, 2.24) is 4.90 Å². The van der Waals surface area contributed by atoms with E-state index in [-0.39, 0.29) is 5.63 Å². The smallest absolute Gasteiger partial charge is 0.336 e. The Morgan fingerprint density at radius 3 is 2.52 bits per heavy atom. The molecule has 1 aromatic heterocycles. The number of fused-ring (bicyclic) bond motifs is 3. The average molecular weight is 375 g/mol. The highest BCUT2D eigenvalue weighted by molar-refractivity contribution is 7.98. The summed E-state index contributed by atoms with van der Waals surface area (Å²) in [6.45, 7) is 1.50. The van der Waals surface area contributed by atoms with Crippen LogP contribution in [-0.2, 0) is 13.1 Å². The molecule has 4 heteroatoms. The molecule has 4 rings (SSSR count). The Bertz CT molecular complexity index is 1150. The quantitative estimate of drug-likeness (QED) is 0.269. The molecule has 0 aliphatic carbocycles. The Kier molecular flexibility index (Phi) is 5.01. The largest absolute Gasteiger partial charge is 0.423 e. The zero-order valence-electron chi connectivity index (χ0n) is 15.4. The van der Waals surface area contributed by atoms with Gasteiger partial charge in [0.1, 0.15) is 5.58 Å². The third-order valence-electron chi connectivity index (χ3n) is 4.77. The van der Waals surface area contributed by atoms with Crippen LogP contribution in [0.2, 0.25) is 0 Å². The average Bonchev–Trinajstić information content (AvgIpc) is 2.68. The number of thioether (sulfide) groups is 1. The van der Waals surface area contributed by atoms with Crippen LogP contribution in [0.15, 0.2) is 80.8 Å². The number of rotatable bonds is 5. The summed E-state index contributed by atoms with van der Waals surface area (Å²) in [4.78, 5) is 15.6. The van der Waals surface area contributed by atoms with Crippen LogP contribution in [-0.4, -0.2) is 18.2 Å². The minimum absolute atomic E-state index is 0.300. The van der Waals surface area contributed by atoms with Crippen molar-refractivity contribution in [3.8, 4) is 0 Å². The predicted molar refractivity (Wildman–Crippen MR) is 113 cm³/mol. The molecular weight excluding hydrogens is 354 g/mol. The van der Waals surface area contributed by atoms with E-state index in [0.29, 0.717) is 12.1 Å². The highest BCUT2D eigenvalue weighted by atomic mass is 32.2. The number of benzene rings is 3. The van der Waals surface area contributed by atoms with E-state index in [1.54, 1.807) is 17.8 Å². The zero-order valence-corrected chi connectivity index (χ0v) is 16.3. The monoisotopic (exact) mass is 375 g/mol. The molecule has 0 N–H and O–H groups in total. The fourth-order valence-corrected chi connectivity index (χ4v) is 3.94. The lowest BCUT2D eigenvalue weighted by Gasteiger charge is -2.18. The van der Waals surface area contributed by atoms with Crippen molar-refractivity contribution in [3.63, 3.8) is 0 Å². The van der Waals surface area contributed by atoms with Gasteiger partial charge in [-0.1, -0.05) is 42.5 Å². The maximum absolute atomic E-state index is 12.1. The lowest BCUT2D eigenvalue weighted by Crippen LogP contribution is -2.18. The molecule has 0 fully saturated rings. The van der Waals surface area contributed by atoms with E-state index in [0.717, 1.165) is 28.3 Å². The maximum atomic E-state index is 12.1. The van der Waals surface area contributed by atoms with Gasteiger partial charge in [0.05, 0.1) is 0 Å². The molecule has 0 saturated carbocycles. The van der Waals surface area contributed by atoms with Gasteiger partial charge in [-0.15, -0.1) is 11.8 Å². The first kappa shape index (κ1) is 17.8. The van der Waals surface area contributed by atoms with Crippen LogP contribution in [0.5, 0.6) is 0 Å². The SMILES string of the molecule is CSc1ccc(CN(C)Cc2cc(=O)oc3ccc4ccccc4c23)cc1. The molecule has 0 atom stereocenters. The minimum Gasteiger partial charge on any atom is -0.423 e. The van der Waals surface area contributed by atoms with Crippen LogP contribution in [0.4, 0.5) is 0 Å². The molecule has 0 aliphatic heterocycles. The minimum atomic E-state index is -0.300. The zero-order chi connectivity index (χ0) is 18.8. The van der Waals surface area contributed by atoms with Crippen LogP contribution >= 0.6 is 11.8 Å². The summed E-state index contributed by atoms with van der Waals surface area (Å²) in [5, 5.41) is 3.29. The fraction of sp³-hybridized carbons (Fsp3) is 0.174. The molecule has 0 radical (unpaired) electrons. The normalized spacial score (nSPS) is 11.5. The van der Waals surface area contributed by atoms with Gasteiger partial charge >= 0.3 is 5.63 Å². The van der Waals surface area contributed by atoms with Crippen molar-refractivity contribution in [2.24, 2.45) is 0 Å². The number of nitrogens with zero attached hydrogens (tertiary/aromatic N) is 1. The topological polar surface area (TPSA) is 33.5 Å². The summed E-state index contributed by atoms with van der Waals surface area (Å²) in [5.74, 6) is 0. The Morgan fingerprint density at radius 2 is 1.74 bits per heavy atom. The van der Waals surface area contributed by atoms with Gasteiger partial charge in [-0.25, -0.2) is 4.79 Å². The van der Waals surface area contributed by atoms with Crippen LogP contribution in [0.1, 0.15) is 11.1 Å². The second-order valence-corrected chi connectivity index (χ2v) is 7.65. The first-order chi connectivity index (χ1) is 13.1. The van der Waals surface area contributed by atoms with E-state index in [1.165, 1.54) is 10.5 Å². The molecular formula is C23H21NO2S. The summed E-state index contributed by atoms with van der Waals surface area (Å²) < 4.78 is 5.46. The van der Waals surface area contributed by atoms with Gasteiger partial charge in [-0.05, 0) is 53.4 Å². The van der Waals surface area contributed by atoms with E-state index in [1.807, 2.05) is 24.3 Å². The lowest BCUT2D eigenvalue weighted by atomic mass is 10.0. The summed E-state index contributed by atoms with van der Waals surface area (Å²) in [6.07, 6.45) is 2.08. The molecule has 4 aromatic rings. The molecule has 136 valence electrons. The molecule has 0 saturated heterocycles. The van der Waals surface area contributed by atoms with Crippen LogP contribution < -0.4 is 5.63 Å². The third-order valence-corrected chi connectivity index (χ3v) is 5.51. The molecule has 0 spiro atoms. The van der Waals surface area contributed by atoms with Gasteiger partial charge in [0.25, 0.3) is 0 Å². The van der Waals surface area contributed by atoms with Crippen molar-refractivity contribution in [2.75, 3.05) is 13.3 Å². The lowest BCUT2D eigenvalue weighted by molar-refractivity contribution is 0.319. The Balaban J connectivity index is 1.69. The van der Waals surface area contributed by atoms with Gasteiger partial charge < -0.3 is 4.42 Å². The highest BCUT2D eigenvalue weighted by Crippen LogP contribution is 2.28. The van der Waals surface area contributed by atoms with Crippen LogP contribution in [0.3, 0.4) is 0 Å². The van der Waals surface area contributed by atoms with Gasteiger partial charge in [0.15, 0.2) is 0 Å². The molecule has 0 unspecified atom stereocenters. The van der Waals surface area contributed by atoms with Crippen molar-refractivity contribution < 1.29 is 4.42 Å². The van der Waals surface area contributed by atoms with Crippen molar-refractivity contribution in [1.29, 1.82) is 0 Å². The second-order valence-electron chi connectivity index (χ2n) is 6.77. The predicted octanol–water partition coefficient (Wildman–Crippen LogP) is 5.30. The summed E-state index contributed by atoms with van der Waals surface area (Å²) in [7, 11) is 2.08. The first-order valence-corrected chi connectivity index (χ1v) is 10.1. The first-order valence-electron chi connectivity index (χ1n) is 8.90. The van der Waals surface area contributed by atoms with E-state index in [2.05, 4.69) is 54.6 Å². The summed E-state index contributed by atoms with van der Waals surface area (Å²) in [5.41, 5.74) is 2.60. The van der Waals surface area contributed by atoms with E-state index >= 15 is 0 Å². The number of hydrogen-bond acceptors (Lipinski definition) is 4. The van der Waals surface area contributed by atoms with Crippen molar-refractivity contribution in [3.05, 3.63) is 88.3 Å². The molecule has 1 heterocycles. The standard InChI is InChI=1S/C23H21NO2S/c1-24(14-16-7-10-19(27-2)11-8-16)15-18-13-22(25)26-21-12-9-17-5-3-4-6-20(17)23(18)21/h3-13H,14-15H2,1-2H3. The molecule has 0 amide bonds. The molecule has 0 aliphatic rings. The second kappa shape index (κ2) is 7.59. The van der Waals surface area contributed by atoms with Crippen molar-refractivity contribution in [2.45, 2.75) is 18.0 Å². The van der Waals surface area contributed by atoms with Crippen molar-refractivity contribution >= 4 is 33.5 Å². The Morgan fingerprint density at radius 1 is 0.963 bits per heavy atom. The highest BCUT2D eigenvalue weighted by Gasteiger charge is 2.12. The molecule has 3 aromatic carbocycles. The van der Waals surface area contributed by atoms with Crippen LogP contribution in [0, 0.1) is 0 Å². The molecule has 3 nitrogen and oxygen atoms in total. The van der Waals surface area contributed by atoms with E-state index in [4.69, 9.17) is 4.42 Å². The van der Waals surface area contributed by atoms with Gasteiger partial charge in [-0.2, -0.15) is 0 Å². The molecule has 27 heavy (non-hydrogen) atoms. The third kappa shape index (κ3) is 3.77. The number of hydrogen-bond donors (Lipinski definition) is 0. The molecule has 0 bridgehead atoms. The van der Waals surface area contributed by atoms with Gasteiger partial charge in [-0.3, -0.25) is 4.90 Å². The maximum Gasteiger partial charge on any atom is 0.336 e. The van der Waals surface area contributed by atoms with Crippen LogP contribution in [0.25, 0.3) is 21.7 Å². The van der Waals surface area contributed by atoms with E-state index in [9.17, 15) is 4.79 Å². The van der Waals surface area contributed by atoms with E-state index < -0.39 is 0 Å². The summed E-state index contributed by atoms with van der Waals surface area (Å²) in [6, 6.07) is 22.4. The Hall–Kier alpha value is -2.56. The fourth-order valence-electron chi connectivity index (χ4n) is 3.53. The summed E-state index contributed by atoms with van der Waals surface area (Å²) >= 11 is 1.74. The van der Waals surface area contributed by atoms with Gasteiger partial charge in [0.2, 0.25) is 0 Å².